The number of anilines is 6. The zero-order valence-electron chi connectivity index (χ0n) is 48.0. The predicted molar refractivity (Wildman–Crippen MR) is 345 cm³/mol. The van der Waals surface area contributed by atoms with E-state index in [0.717, 1.165) is 101 Å². The lowest BCUT2D eigenvalue weighted by Crippen LogP contribution is -2.29. The van der Waals surface area contributed by atoms with Gasteiger partial charge in [0.05, 0.1) is 10.8 Å². The third-order valence-electron chi connectivity index (χ3n) is 17.8. The van der Waals surface area contributed by atoms with Crippen molar-refractivity contribution in [1.82, 2.24) is 0 Å². The topological polar surface area (TPSA) is 6.48 Å². The van der Waals surface area contributed by atoms with Gasteiger partial charge >= 0.3 is 0 Å². The Morgan fingerprint density at radius 1 is 0.284 bits per heavy atom. The summed E-state index contributed by atoms with van der Waals surface area (Å²) in [6.45, 7) is 11.4. The highest BCUT2D eigenvalue weighted by Crippen LogP contribution is 2.59. The van der Waals surface area contributed by atoms with Crippen LogP contribution in [0.4, 0.5) is 60.5 Å². The zero-order valence-corrected chi connectivity index (χ0v) is 48.0. The van der Waals surface area contributed by atoms with Crippen LogP contribution in [0.2, 0.25) is 0 Å². The summed E-state index contributed by atoms with van der Waals surface area (Å²) in [5, 5.41) is 0. The average Bonchev–Trinajstić information content (AvgIpc) is 1.53. The van der Waals surface area contributed by atoms with E-state index in [-0.39, 0.29) is 11.6 Å². The molecule has 0 fully saturated rings. The van der Waals surface area contributed by atoms with Crippen LogP contribution in [0.1, 0.15) is 66.8 Å². The summed E-state index contributed by atoms with van der Waals surface area (Å²) in [6, 6.07) is 79.2. The Balaban J connectivity index is 0.876. The maximum Gasteiger partial charge on any atom is 0.159 e. The number of hydrogen-bond donors (Lipinski definition) is 0. The van der Waals surface area contributed by atoms with E-state index in [9.17, 15) is 8.78 Å². The van der Waals surface area contributed by atoms with Gasteiger partial charge in [0, 0.05) is 34.1 Å². The molecule has 2 aliphatic rings. The van der Waals surface area contributed by atoms with Crippen LogP contribution in [0.5, 0.6) is 0 Å². The second-order valence-electron chi connectivity index (χ2n) is 22.6. The number of rotatable bonds is 13. The number of aryl methyl sites for hydroxylation is 2. The van der Waals surface area contributed by atoms with Gasteiger partial charge in [0.2, 0.25) is 0 Å². The van der Waals surface area contributed by atoms with Crippen molar-refractivity contribution in [2.75, 3.05) is 9.80 Å². The Labute approximate surface area is 507 Å². The maximum atomic E-state index is 15.7. The van der Waals surface area contributed by atoms with Crippen LogP contribution in [-0.2, 0) is 10.8 Å². The van der Waals surface area contributed by atoms with Gasteiger partial charge in [-0.3, -0.25) is 0 Å². The van der Waals surface area contributed by atoms with Crippen LogP contribution < -0.4 is 9.80 Å². The van der Waals surface area contributed by atoms with Gasteiger partial charge in [0.15, 0.2) is 23.3 Å². The number of fused-ring (bicyclic) bond motifs is 6. The number of hydrogen-bond acceptors (Lipinski definition) is 2. The average molecular weight is 1160 g/mol. The molecule has 14 rings (SSSR count). The SMILES string of the molecule is C=Cc1ccc(C2(c3ccc(F)c(F)c3)c3ccccc3-c3ccc(N(c4ccc(-c5ccc(N(c6ccc(F)c(C)c6)c6ccc7c(c6)C(c6ccc(C=C)cc6)(c6ccc(F)c(F)c6)c6ccccc6-7)cc5)cc4)c4ccc(F)c(C)c4)cc32)cc1. The molecule has 0 N–H and O–H groups in total. The van der Waals surface area contributed by atoms with Crippen molar-refractivity contribution >= 4 is 46.3 Å². The molecule has 0 aliphatic heterocycles. The van der Waals surface area contributed by atoms with Crippen molar-refractivity contribution in [1.29, 1.82) is 0 Å². The molecule has 88 heavy (non-hydrogen) atoms. The quantitative estimate of drug-likeness (QED) is 0.106. The lowest BCUT2D eigenvalue weighted by atomic mass is 9.67. The maximum absolute atomic E-state index is 15.7. The first kappa shape index (κ1) is 55.2. The molecule has 0 heterocycles. The smallest absolute Gasteiger partial charge is 0.159 e. The van der Waals surface area contributed by atoms with E-state index in [1.54, 1.807) is 50.3 Å². The van der Waals surface area contributed by atoms with Crippen molar-refractivity contribution in [3.05, 3.63) is 370 Å². The molecule has 2 unspecified atom stereocenters. The van der Waals surface area contributed by atoms with E-state index in [2.05, 4.69) is 59.4 Å². The molecule has 0 saturated heterocycles. The highest BCUT2D eigenvalue weighted by molar-refractivity contribution is 5.92. The zero-order chi connectivity index (χ0) is 60.6. The van der Waals surface area contributed by atoms with Crippen LogP contribution in [-0.4, -0.2) is 0 Å². The lowest BCUT2D eigenvalue weighted by molar-refractivity contribution is 0.505. The standard InChI is InChI=1S/C80H54F6N2/c1-5-51-15-23-55(24-16-51)79(57-27-39-75(83)77(85)45-57)69-13-9-7-11-65(69)67-37-33-63(47-71(67)79)87(61-35-41-73(81)49(3)43-61)59-29-19-53(20-30-59)54-21-31-60(32-22-54)88(62-36-42-74(82)50(4)44-62)64-34-38-68-66-12-8-10-14-70(66)80(72(68)48-64,56-25-17-52(6-2)18-26-56)58-28-40-76(84)78(86)46-58/h5-48H,1-2H2,3-4H3. The molecule has 2 nitrogen and oxygen atoms in total. The van der Waals surface area contributed by atoms with Gasteiger partial charge in [-0.2, -0.15) is 0 Å². The summed E-state index contributed by atoms with van der Waals surface area (Å²) >= 11 is 0. The molecule has 2 atom stereocenters. The van der Waals surface area contributed by atoms with Gasteiger partial charge in [-0.05, 0) is 223 Å². The molecule has 0 amide bonds. The monoisotopic (exact) mass is 1160 g/mol. The molecule has 12 aromatic rings. The van der Waals surface area contributed by atoms with Crippen LogP contribution in [0, 0.1) is 48.8 Å². The molecule has 0 saturated carbocycles. The van der Waals surface area contributed by atoms with Crippen LogP contribution in [0.15, 0.2) is 268 Å². The van der Waals surface area contributed by atoms with E-state index in [0.29, 0.717) is 33.6 Å². The first-order valence-corrected chi connectivity index (χ1v) is 29.0. The van der Waals surface area contributed by atoms with Gasteiger partial charge in [0.25, 0.3) is 0 Å². The molecule has 12 aromatic carbocycles. The van der Waals surface area contributed by atoms with E-state index < -0.39 is 34.1 Å². The van der Waals surface area contributed by atoms with Gasteiger partial charge in [-0.25, -0.2) is 26.3 Å². The first-order chi connectivity index (χ1) is 42.8. The Bertz CT molecular complexity index is 4460. The summed E-state index contributed by atoms with van der Waals surface area (Å²) < 4.78 is 91.6. The highest BCUT2D eigenvalue weighted by Gasteiger charge is 2.48. The highest BCUT2D eigenvalue weighted by atomic mass is 19.2. The summed E-state index contributed by atoms with van der Waals surface area (Å²) in [7, 11) is 0. The van der Waals surface area contributed by atoms with Crippen molar-refractivity contribution in [2.45, 2.75) is 24.7 Å². The van der Waals surface area contributed by atoms with E-state index >= 15 is 17.6 Å². The van der Waals surface area contributed by atoms with E-state index in [4.69, 9.17) is 0 Å². The fourth-order valence-corrected chi connectivity index (χ4v) is 13.6. The van der Waals surface area contributed by atoms with Crippen LogP contribution in [0.25, 0.3) is 45.5 Å². The molecule has 0 radical (unpaired) electrons. The molecule has 0 spiro atoms. The molecular weight excluding hydrogens is 1100 g/mol. The number of halogens is 6. The van der Waals surface area contributed by atoms with Gasteiger partial charge < -0.3 is 9.80 Å². The normalized spacial score (nSPS) is 15.2. The molecule has 0 bridgehead atoms. The first-order valence-electron chi connectivity index (χ1n) is 29.0. The summed E-state index contributed by atoms with van der Waals surface area (Å²) in [5.74, 6) is -4.48. The minimum absolute atomic E-state index is 0.341. The Kier molecular flexibility index (Phi) is 13.6. The number of benzene rings is 12. The summed E-state index contributed by atoms with van der Waals surface area (Å²) in [6.07, 6.45) is 3.54. The third kappa shape index (κ3) is 8.80. The van der Waals surface area contributed by atoms with Crippen LogP contribution in [0.3, 0.4) is 0 Å². The Hall–Kier alpha value is -10.7. The van der Waals surface area contributed by atoms with Crippen molar-refractivity contribution in [3.8, 4) is 33.4 Å². The second kappa shape index (κ2) is 21.7. The molecule has 0 aromatic heterocycles. The Morgan fingerprint density at radius 2 is 0.602 bits per heavy atom. The van der Waals surface area contributed by atoms with Crippen molar-refractivity contribution in [2.24, 2.45) is 0 Å². The number of nitrogens with zero attached hydrogens (tertiary/aromatic N) is 2. The molecule has 8 heteroatoms. The largest absolute Gasteiger partial charge is 0.310 e. The fourth-order valence-electron chi connectivity index (χ4n) is 13.6. The van der Waals surface area contributed by atoms with Crippen LogP contribution >= 0.6 is 0 Å². The lowest BCUT2D eigenvalue weighted by Gasteiger charge is -2.35. The third-order valence-corrected chi connectivity index (χ3v) is 17.8. The molecular formula is C80H54F6N2. The molecule has 426 valence electrons. The van der Waals surface area contributed by atoms with E-state index in [1.807, 2.05) is 158 Å². The minimum Gasteiger partial charge on any atom is -0.310 e. The summed E-state index contributed by atoms with van der Waals surface area (Å²) in [4.78, 5) is 4.16. The van der Waals surface area contributed by atoms with Gasteiger partial charge in [-0.15, -0.1) is 0 Å². The van der Waals surface area contributed by atoms with Crippen molar-refractivity contribution < 1.29 is 26.3 Å². The van der Waals surface area contributed by atoms with Gasteiger partial charge in [0.1, 0.15) is 11.6 Å². The van der Waals surface area contributed by atoms with E-state index in [1.165, 1.54) is 36.4 Å². The fraction of sp³-hybridized carbons (Fsp3) is 0.0500. The summed E-state index contributed by atoms with van der Waals surface area (Å²) in [5.41, 5.74) is 17.1. The Morgan fingerprint density at radius 3 is 0.966 bits per heavy atom. The second-order valence-corrected chi connectivity index (χ2v) is 22.6. The predicted octanol–water partition coefficient (Wildman–Crippen LogP) is 21.8. The molecule has 2 aliphatic carbocycles. The van der Waals surface area contributed by atoms with Gasteiger partial charge in [-0.1, -0.05) is 171 Å². The van der Waals surface area contributed by atoms with Crippen molar-refractivity contribution in [3.63, 3.8) is 0 Å². The minimum atomic E-state index is -1.08.